The lowest BCUT2D eigenvalue weighted by Crippen LogP contribution is -2.45. The average molecular weight is 137 g/mol. The Morgan fingerprint density at radius 3 is 2.70 bits per heavy atom. The van der Waals surface area contributed by atoms with Crippen molar-refractivity contribution in [2.24, 2.45) is 11.1 Å². The zero-order chi connectivity index (χ0) is 7.78. The van der Waals surface area contributed by atoms with Crippen LogP contribution in [0, 0.1) is 17.3 Å². The minimum absolute atomic E-state index is 0.128. The van der Waals surface area contributed by atoms with Gasteiger partial charge in [-0.05, 0) is 11.3 Å². The van der Waals surface area contributed by atoms with Crippen molar-refractivity contribution in [3.8, 4) is 11.8 Å². The molecule has 1 atom stereocenters. The van der Waals surface area contributed by atoms with E-state index in [0.717, 1.165) is 6.42 Å². The molecule has 0 amide bonds. The number of ketones is 1. The molecular formula is C8H11NO. The predicted molar refractivity (Wildman–Crippen MR) is 39.2 cm³/mol. The molecule has 2 heteroatoms. The fraction of sp³-hybridized carbons (Fsp3) is 0.625. The van der Waals surface area contributed by atoms with Gasteiger partial charge in [-0.25, -0.2) is 0 Å². The minimum Gasteiger partial charge on any atom is -0.320 e. The standard InChI is InChI=1S/C8H11NO/c1-8(2)5-3-4-6(10)7(8)9/h7H,5,9H2,1-2H3. The van der Waals surface area contributed by atoms with Gasteiger partial charge in [0.2, 0.25) is 5.78 Å². The van der Waals surface area contributed by atoms with Crippen molar-refractivity contribution >= 4 is 5.78 Å². The second-order valence-corrected chi connectivity index (χ2v) is 3.31. The summed E-state index contributed by atoms with van der Waals surface area (Å²) < 4.78 is 0. The van der Waals surface area contributed by atoms with Gasteiger partial charge in [0.15, 0.2) is 0 Å². The number of carbonyl (C=O) groups excluding carboxylic acids is 1. The van der Waals surface area contributed by atoms with Gasteiger partial charge in [-0.15, -0.1) is 0 Å². The summed E-state index contributed by atoms with van der Waals surface area (Å²) in [6.07, 6.45) is 0.722. The van der Waals surface area contributed by atoms with Gasteiger partial charge in [-0.2, -0.15) is 0 Å². The molecule has 0 spiro atoms. The van der Waals surface area contributed by atoms with Crippen molar-refractivity contribution in [2.45, 2.75) is 26.3 Å². The summed E-state index contributed by atoms with van der Waals surface area (Å²) in [5.41, 5.74) is 5.47. The Balaban J connectivity index is 2.91. The molecule has 0 fully saturated rings. The van der Waals surface area contributed by atoms with Crippen LogP contribution in [0.3, 0.4) is 0 Å². The number of nitrogens with two attached hydrogens (primary N) is 1. The van der Waals surface area contributed by atoms with E-state index in [-0.39, 0.29) is 11.2 Å². The van der Waals surface area contributed by atoms with Crippen molar-refractivity contribution in [3.63, 3.8) is 0 Å². The van der Waals surface area contributed by atoms with E-state index in [0.29, 0.717) is 0 Å². The highest BCUT2D eigenvalue weighted by atomic mass is 16.1. The SMILES string of the molecule is CC1(C)CC#CC(=O)C1N. The fourth-order valence-corrected chi connectivity index (χ4v) is 0.902. The van der Waals surface area contributed by atoms with Crippen LogP contribution in [0.5, 0.6) is 0 Å². The third-order valence-corrected chi connectivity index (χ3v) is 1.88. The number of hydrogen-bond donors (Lipinski definition) is 1. The molecule has 0 aromatic rings. The van der Waals surface area contributed by atoms with Gasteiger partial charge in [0, 0.05) is 6.42 Å². The van der Waals surface area contributed by atoms with Crippen LogP contribution in [0.25, 0.3) is 0 Å². The third-order valence-electron chi connectivity index (χ3n) is 1.88. The molecule has 54 valence electrons. The Morgan fingerprint density at radius 1 is 1.70 bits per heavy atom. The lowest BCUT2D eigenvalue weighted by molar-refractivity contribution is -0.117. The Hall–Kier alpha value is -0.810. The van der Waals surface area contributed by atoms with Gasteiger partial charge in [0.1, 0.15) is 0 Å². The molecule has 0 saturated heterocycles. The topological polar surface area (TPSA) is 43.1 Å². The van der Waals surface area contributed by atoms with E-state index in [9.17, 15) is 4.79 Å². The van der Waals surface area contributed by atoms with E-state index in [1.54, 1.807) is 0 Å². The second-order valence-electron chi connectivity index (χ2n) is 3.31. The van der Waals surface area contributed by atoms with Crippen LogP contribution in [-0.4, -0.2) is 11.8 Å². The molecule has 0 aromatic carbocycles. The molecule has 10 heavy (non-hydrogen) atoms. The normalized spacial score (nSPS) is 29.1. The first-order valence-electron chi connectivity index (χ1n) is 3.32. The van der Waals surface area contributed by atoms with E-state index >= 15 is 0 Å². The molecule has 0 heterocycles. The zero-order valence-corrected chi connectivity index (χ0v) is 6.27. The first-order chi connectivity index (χ1) is 4.54. The molecule has 2 nitrogen and oxygen atoms in total. The molecule has 1 rings (SSSR count). The molecule has 1 aliphatic rings. The Morgan fingerprint density at radius 2 is 2.30 bits per heavy atom. The van der Waals surface area contributed by atoms with Crippen LogP contribution in [-0.2, 0) is 4.79 Å². The van der Waals surface area contributed by atoms with Crippen molar-refractivity contribution < 1.29 is 4.79 Å². The van der Waals surface area contributed by atoms with Gasteiger partial charge in [-0.1, -0.05) is 19.8 Å². The van der Waals surface area contributed by atoms with E-state index in [1.807, 2.05) is 13.8 Å². The summed E-state index contributed by atoms with van der Waals surface area (Å²) in [6.45, 7) is 3.92. The number of carbonyl (C=O) groups is 1. The molecule has 1 unspecified atom stereocenters. The first-order valence-corrected chi connectivity index (χ1v) is 3.32. The fourth-order valence-electron chi connectivity index (χ4n) is 0.902. The summed E-state index contributed by atoms with van der Waals surface area (Å²) in [6, 6.07) is -0.395. The highest BCUT2D eigenvalue weighted by molar-refractivity contribution is 6.00. The highest BCUT2D eigenvalue weighted by Crippen LogP contribution is 2.25. The van der Waals surface area contributed by atoms with Crippen molar-refractivity contribution in [2.75, 3.05) is 0 Å². The maximum Gasteiger partial charge on any atom is 0.222 e. The predicted octanol–water partition coefficient (Wildman–Crippen LogP) is 0.316. The van der Waals surface area contributed by atoms with Crippen LogP contribution in [0.1, 0.15) is 20.3 Å². The average Bonchev–Trinajstić information content (AvgIpc) is 1.83. The van der Waals surface area contributed by atoms with E-state index in [4.69, 9.17) is 5.73 Å². The Labute approximate surface area is 60.8 Å². The van der Waals surface area contributed by atoms with E-state index in [1.165, 1.54) is 0 Å². The summed E-state index contributed by atoms with van der Waals surface area (Å²) in [5.74, 6) is 5.12. The Kier molecular flexibility index (Phi) is 1.53. The van der Waals surface area contributed by atoms with Crippen LogP contribution in [0.2, 0.25) is 0 Å². The van der Waals surface area contributed by atoms with Gasteiger partial charge in [0.25, 0.3) is 0 Å². The number of rotatable bonds is 0. The zero-order valence-electron chi connectivity index (χ0n) is 6.27. The molecular weight excluding hydrogens is 126 g/mol. The lowest BCUT2D eigenvalue weighted by atomic mass is 9.77. The molecule has 0 saturated carbocycles. The van der Waals surface area contributed by atoms with Crippen molar-refractivity contribution in [1.82, 2.24) is 0 Å². The van der Waals surface area contributed by atoms with Crippen molar-refractivity contribution in [1.29, 1.82) is 0 Å². The lowest BCUT2D eigenvalue weighted by Gasteiger charge is -2.28. The maximum absolute atomic E-state index is 10.9. The van der Waals surface area contributed by atoms with Crippen LogP contribution < -0.4 is 5.73 Å². The van der Waals surface area contributed by atoms with E-state index in [2.05, 4.69) is 11.8 Å². The number of Topliss-reactive ketones (excluding diaryl/α,β-unsaturated/α-hetero) is 1. The molecule has 0 aliphatic heterocycles. The van der Waals surface area contributed by atoms with Gasteiger partial charge >= 0.3 is 0 Å². The monoisotopic (exact) mass is 137 g/mol. The molecule has 0 radical (unpaired) electrons. The highest BCUT2D eigenvalue weighted by Gasteiger charge is 2.32. The molecule has 0 aromatic heterocycles. The summed E-state index contributed by atoms with van der Waals surface area (Å²) in [4.78, 5) is 10.9. The summed E-state index contributed by atoms with van der Waals surface area (Å²) in [7, 11) is 0. The smallest absolute Gasteiger partial charge is 0.222 e. The van der Waals surface area contributed by atoms with Gasteiger partial charge in [-0.3, -0.25) is 4.79 Å². The Bertz CT molecular complexity index is 219. The molecule has 0 bridgehead atoms. The number of hydrogen-bond acceptors (Lipinski definition) is 2. The summed E-state index contributed by atoms with van der Waals surface area (Å²) >= 11 is 0. The molecule has 1 aliphatic carbocycles. The van der Waals surface area contributed by atoms with Crippen LogP contribution in [0.4, 0.5) is 0 Å². The molecule has 2 N–H and O–H groups in total. The van der Waals surface area contributed by atoms with Crippen molar-refractivity contribution in [3.05, 3.63) is 0 Å². The first kappa shape index (κ1) is 7.30. The quantitative estimate of drug-likeness (QED) is 0.386. The summed E-state index contributed by atoms with van der Waals surface area (Å²) in [5, 5.41) is 0. The minimum atomic E-state index is -0.395. The van der Waals surface area contributed by atoms with Gasteiger partial charge in [0.05, 0.1) is 6.04 Å². The largest absolute Gasteiger partial charge is 0.320 e. The van der Waals surface area contributed by atoms with Crippen LogP contribution >= 0.6 is 0 Å². The third kappa shape index (κ3) is 1.05. The van der Waals surface area contributed by atoms with Crippen LogP contribution in [0.15, 0.2) is 0 Å². The maximum atomic E-state index is 10.9. The second kappa shape index (κ2) is 2.10. The van der Waals surface area contributed by atoms with E-state index < -0.39 is 6.04 Å². The van der Waals surface area contributed by atoms with Gasteiger partial charge < -0.3 is 5.73 Å².